The van der Waals surface area contributed by atoms with Gasteiger partial charge in [-0.15, -0.1) is 0 Å². The number of amides is 1. The van der Waals surface area contributed by atoms with Gasteiger partial charge in [-0.05, 0) is 35.9 Å². The van der Waals surface area contributed by atoms with Crippen molar-refractivity contribution in [3.8, 4) is 0 Å². The molecular weight excluding hydrogens is 304 g/mol. The molecule has 1 amide bonds. The Labute approximate surface area is 137 Å². The van der Waals surface area contributed by atoms with Crippen molar-refractivity contribution in [1.29, 1.82) is 0 Å². The maximum Gasteiger partial charge on any atom is 0.275 e. The molecule has 118 valence electrons. The second-order valence-corrected chi connectivity index (χ2v) is 5.35. The van der Waals surface area contributed by atoms with Crippen molar-refractivity contribution in [2.24, 2.45) is 0 Å². The summed E-state index contributed by atoms with van der Waals surface area (Å²) >= 11 is 0. The average Bonchev–Trinajstić information content (AvgIpc) is 3.01. The van der Waals surface area contributed by atoms with Crippen molar-refractivity contribution in [1.82, 2.24) is 10.5 Å². The largest absolute Gasteiger partial charge is 0.456 e. The highest BCUT2D eigenvalue weighted by molar-refractivity contribution is 6.16. The predicted octanol–water partition coefficient (Wildman–Crippen LogP) is 3.84. The van der Waals surface area contributed by atoms with Crippen molar-refractivity contribution in [2.45, 2.75) is 6.61 Å². The third-order valence-corrected chi connectivity index (χ3v) is 3.80. The summed E-state index contributed by atoms with van der Waals surface area (Å²) in [6.07, 6.45) is 3.36. The minimum atomic E-state index is -0.304. The number of pyridine rings is 1. The highest BCUT2D eigenvalue weighted by Crippen LogP contribution is 2.31. The lowest BCUT2D eigenvalue weighted by Crippen LogP contribution is -2.23. The Balaban J connectivity index is 1.60. The van der Waals surface area contributed by atoms with Crippen LogP contribution in [0.4, 0.5) is 0 Å². The van der Waals surface area contributed by atoms with Crippen LogP contribution in [0.5, 0.6) is 0 Å². The second kappa shape index (κ2) is 6.14. The third kappa shape index (κ3) is 2.61. The first kappa shape index (κ1) is 14.4. The Morgan fingerprint density at radius 2 is 1.79 bits per heavy atom. The number of rotatable bonds is 4. The topological polar surface area (TPSA) is 64.4 Å². The lowest BCUT2D eigenvalue weighted by Gasteiger charge is -2.07. The minimum absolute atomic E-state index is 0.274. The second-order valence-electron chi connectivity index (χ2n) is 5.35. The van der Waals surface area contributed by atoms with Crippen LogP contribution in [0.1, 0.15) is 15.9 Å². The first-order chi connectivity index (χ1) is 11.8. The molecule has 24 heavy (non-hydrogen) atoms. The van der Waals surface area contributed by atoms with Gasteiger partial charge in [-0.3, -0.25) is 14.6 Å². The van der Waals surface area contributed by atoms with E-state index in [4.69, 9.17) is 9.25 Å². The SMILES string of the molecule is O=C(NOCc1ccncc1)c1cccc2oc3ccccc3c12. The van der Waals surface area contributed by atoms with Crippen molar-refractivity contribution in [2.75, 3.05) is 0 Å². The fourth-order valence-corrected chi connectivity index (χ4v) is 2.68. The molecule has 5 nitrogen and oxygen atoms in total. The first-order valence-electron chi connectivity index (χ1n) is 7.54. The quantitative estimate of drug-likeness (QED) is 0.581. The molecule has 0 aliphatic heterocycles. The van der Waals surface area contributed by atoms with E-state index >= 15 is 0 Å². The number of furan rings is 1. The average molecular weight is 318 g/mol. The van der Waals surface area contributed by atoms with Crippen LogP contribution in [0.2, 0.25) is 0 Å². The normalized spacial score (nSPS) is 11.0. The Kier molecular flexibility index (Phi) is 3.69. The number of benzene rings is 2. The zero-order valence-corrected chi connectivity index (χ0v) is 12.7. The van der Waals surface area contributed by atoms with Crippen LogP contribution in [0.15, 0.2) is 71.4 Å². The summed E-state index contributed by atoms with van der Waals surface area (Å²) in [5.74, 6) is -0.304. The molecule has 0 saturated carbocycles. The van der Waals surface area contributed by atoms with E-state index in [1.165, 1.54) is 0 Å². The summed E-state index contributed by atoms with van der Waals surface area (Å²) in [5, 5.41) is 1.70. The monoisotopic (exact) mass is 318 g/mol. The minimum Gasteiger partial charge on any atom is -0.456 e. The van der Waals surface area contributed by atoms with Crippen molar-refractivity contribution in [3.63, 3.8) is 0 Å². The van der Waals surface area contributed by atoms with E-state index in [1.54, 1.807) is 24.5 Å². The van der Waals surface area contributed by atoms with Gasteiger partial charge in [0.2, 0.25) is 0 Å². The van der Waals surface area contributed by atoms with Gasteiger partial charge in [-0.1, -0.05) is 24.3 Å². The smallest absolute Gasteiger partial charge is 0.275 e. The van der Waals surface area contributed by atoms with Crippen molar-refractivity contribution >= 4 is 27.8 Å². The van der Waals surface area contributed by atoms with Crippen LogP contribution in [-0.4, -0.2) is 10.9 Å². The number of hydrogen-bond acceptors (Lipinski definition) is 4. The highest BCUT2D eigenvalue weighted by Gasteiger charge is 2.15. The summed E-state index contributed by atoms with van der Waals surface area (Å²) in [7, 11) is 0. The third-order valence-electron chi connectivity index (χ3n) is 3.80. The number of carbonyl (C=O) groups is 1. The summed E-state index contributed by atoms with van der Waals surface area (Å²) in [4.78, 5) is 21.8. The number of para-hydroxylation sites is 1. The summed E-state index contributed by atoms with van der Waals surface area (Å²) < 4.78 is 5.79. The van der Waals surface area contributed by atoms with Crippen LogP contribution < -0.4 is 5.48 Å². The molecule has 0 aliphatic rings. The molecule has 1 N–H and O–H groups in total. The summed E-state index contributed by atoms with van der Waals surface area (Å²) in [5.41, 5.74) is 5.38. The van der Waals surface area contributed by atoms with Gasteiger partial charge < -0.3 is 4.42 Å². The molecule has 0 fully saturated rings. The molecule has 0 radical (unpaired) electrons. The molecule has 4 rings (SSSR count). The molecule has 2 aromatic carbocycles. The van der Waals surface area contributed by atoms with E-state index in [-0.39, 0.29) is 12.5 Å². The van der Waals surface area contributed by atoms with E-state index in [0.29, 0.717) is 11.1 Å². The number of aromatic nitrogens is 1. The molecule has 2 heterocycles. The number of hydroxylamine groups is 1. The van der Waals surface area contributed by atoms with Gasteiger partial charge in [0.05, 0.1) is 12.2 Å². The Morgan fingerprint density at radius 1 is 1.00 bits per heavy atom. The number of hydrogen-bond donors (Lipinski definition) is 1. The van der Waals surface area contributed by atoms with E-state index in [2.05, 4.69) is 10.5 Å². The molecule has 4 aromatic rings. The maximum atomic E-state index is 12.5. The predicted molar refractivity (Wildman–Crippen MR) is 90.2 cm³/mol. The van der Waals surface area contributed by atoms with Gasteiger partial charge in [-0.2, -0.15) is 0 Å². The van der Waals surface area contributed by atoms with Gasteiger partial charge in [0, 0.05) is 23.2 Å². The molecule has 0 atom stereocenters. The zero-order chi connectivity index (χ0) is 16.4. The fraction of sp³-hybridized carbons (Fsp3) is 0.0526. The Bertz CT molecular complexity index is 1010. The van der Waals surface area contributed by atoms with Crippen molar-refractivity contribution < 1.29 is 14.0 Å². The molecule has 0 unspecified atom stereocenters. The van der Waals surface area contributed by atoms with E-state index < -0.39 is 0 Å². The first-order valence-corrected chi connectivity index (χ1v) is 7.54. The standard InChI is InChI=1S/C19H14N2O3/c22-19(21-23-12-13-8-10-20-11-9-13)15-5-3-7-17-18(15)14-4-1-2-6-16(14)24-17/h1-11H,12H2,(H,21,22). The Hall–Kier alpha value is -3.18. The van der Waals surface area contributed by atoms with E-state index in [0.717, 1.165) is 21.9 Å². The van der Waals surface area contributed by atoms with Gasteiger partial charge in [0.15, 0.2) is 0 Å². The lowest BCUT2D eigenvalue weighted by molar-refractivity contribution is 0.0235. The van der Waals surface area contributed by atoms with Crippen LogP contribution in [0.3, 0.4) is 0 Å². The van der Waals surface area contributed by atoms with Crippen LogP contribution in [0.25, 0.3) is 21.9 Å². The highest BCUT2D eigenvalue weighted by atomic mass is 16.6. The number of carbonyl (C=O) groups excluding carboxylic acids is 1. The van der Waals surface area contributed by atoms with Crippen LogP contribution >= 0.6 is 0 Å². The fourth-order valence-electron chi connectivity index (χ4n) is 2.68. The molecule has 5 heteroatoms. The van der Waals surface area contributed by atoms with Gasteiger partial charge in [-0.25, -0.2) is 5.48 Å². The van der Waals surface area contributed by atoms with Crippen LogP contribution in [0, 0.1) is 0 Å². The molecular formula is C19H14N2O3. The molecule has 0 spiro atoms. The molecule has 0 saturated heterocycles. The number of nitrogens with one attached hydrogen (secondary N) is 1. The van der Waals surface area contributed by atoms with Gasteiger partial charge in [0.1, 0.15) is 11.2 Å². The van der Waals surface area contributed by atoms with Crippen molar-refractivity contribution in [3.05, 3.63) is 78.1 Å². The van der Waals surface area contributed by atoms with Gasteiger partial charge >= 0.3 is 0 Å². The van der Waals surface area contributed by atoms with E-state index in [1.807, 2.05) is 42.5 Å². The summed E-state index contributed by atoms with van der Waals surface area (Å²) in [6, 6.07) is 16.7. The number of nitrogens with zero attached hydrogens (tertiary/aromatic N) is 1. The number of fused-ring (bicyclic) bond motifs is 3. The van der Waals surface area contributed by atoms with Gasteiger partial charge in [0.25, 0.3) is 5.91 Å². The van der Waals surface area contributed by atoms with Crippen LogP contribution in [-0.2, 0) is 11.4 Å². The maximum absolute atomic E-state index is 12.5. The molecule has 0 bridgehead atoms. The van der Waals surface area contributed by atoms with E-state index in [9.17, 15) is 4.79 Å². The molecule has 2 aromatic heterocycles. The Morgan fingerprint density at radius 3 is 2.67 bits per heavy atom. The molecule has 0 aliphatic carbocycles. The lowest BCUT2D eigenvalue weighted by atomic mass is 10.1. The zero-order valence-electron chi connectivity index (χ0n) is 12.7. The summed E-state index contributed by atoms with van der Waals surface area (Å²) in [6.45, 7) is 0.274.